The molecule has 1 aliphatic heterocycles. The Morgan fingerprint density at radius 3 is 2.89 bits per heavy atom. The van der Waals surface area contributed by atoms with E-state index in [-0.39, 0.29) is 18.0 Å². The van der Waals surface area contributed by atoms with Crippen molar-refractivity contribution < 1.29 is 5.11 Å². The zero-order valence-electron chi connectivity index (χ0n) is 10.6. The van der Waals surface area contributed by atoms with E-state index < -0.39 is 0 Å². The first-order valence-electron chi connectivity index (χ1n) is 6.49. The summed E-state index contributed by atoms with van der Waals surface area (Å²) < 4.78 is 0. The van der Waals surface area contributed by atoms with Gasteiger partial charge in [-0.3, -0.25) is 10.1 Å². The Bertz CT molecular complexity index is 601. The fourth-order valence-corrected chi connectivity index (χ4v) is 2.67. The van der Waals surface area contributed by atoms with Crippen LogP contribution >= 0.6 is 0 Å². The third-order valence-corrected chi connectivity index (χ3v) is 3.71. The van der Waals surface area contributed by atoms with Crippen LogP contribution in [0, 0.1) is 0 Å². The molecule has 0 saturated carbocycles. The smallest absolute Gasteiger partial charge is 0.211 e. The highest BCUT2D eigenvalue weighted by molar-refractivity contribution is 5.90. The molecule has 2 heterocycles. The van der Waals surface area contributed by atoms with Crippen LogP contribution < -0.4 is 16.4 Å². The summed E-state index contributed by atoms with van der Waals surface area (Å²) in [5.41, 5.74) is 13.4. The highest BCUT2D eigenvalue weighted by Crippen LogP contribution is 2.36. The van der Waals surface area contributed by atoms with Crippen LogP contribution in [0.1, 0.15) is 12.8 Å². The number of nitrogens with two attached hydrogens (primary N) is 2. The molecule has 3 rings (SSSR count). The lowest BCUT2D eigenvalue weighted by molar-refractivity contribution is 0.353. The Labute approximate surface area is 111 Å². The quantitative estimate of drug-likeness (QED) is 0.812. The second-order valence-corrected chi connectivity index (χ2v) is 5.03. The van der Waals surface area contributed by atoms with Crippen molar-refractivity contribution in [3.05, 3.63) is 30.5 Å². The predicted molar refractivity (Wildman–Crippen MR) is 74.4 cm³/mol. The van der Waals surface area contributed by atoms with Gasteiger partial charge in [0.25, 0.3) is 0 Å². The van der Waals surface area contributed by atoms with Gasteiger partial charge in [-0.15, -0.1) is 0 Å². The monoisotopic (exact) mass is 257 g/mol. The number of fused-ring (bicyclic) bond motifs is 1. The Morgan fingerprint density at radius 1 is 1.26 bits per heavy atom. The van der Waals surface area contributed by atoms with Gasteiger partial charge in [0.2, 0.25) is 5.75 Å². The van der Waals surface area contributed by atoms with Crippen LogP contribution in [0.25, 0.3) is 10.9 Å². The minimum Gasteiger partial charge on any atom is -0.353 e. The van der Waals surface area contributed by atoms with Crippen LogP contribution in [0.3, 0.4) is 0 Å². The molecule has 1 radical (unpaired) electrons. The molecule has 0 amide bonds. The first kappa shape index (κ1) is 12.2. The minimum absolute atomic E-state index is 0.00322. The number of hydrogen-bond donors (Lipinski definition) is 2. The first-order valence-corrected chi connectivity index (χ1v) is 6.49. The van der Waals surface area contributed by atoms with E-state index in [1.54, 1.807) is 18.3 Å². The normalized spacial score (nSPS) is 23.8. The van der Waals surface area contributed by atoms with Crippen LogP contribution in [0.15, 0.2) is 30.5 Å². The molecule has 99 valence electrons. The van der Waals surface area contributed by atoms with E-state index in [4.69, 9.17) is 11.5 Å². The number of benzene rings is 1. The van der Waals surface area contributed by atoms with Gasteiger partial charge in [0, 0.05) is 24.2 Å². The summed E-state index contributed by atoms with van der Waals surface area (Å²) in [6, 6.07) is 7.39. The maximum absolute atomic E-state index is 12.5. The molecule has 2 aromatic rings. The van der Waals surface area contributed by atoms with Gasteiger partial charge < -0.3 is 16.4 Å². The van der Waals surface area contributed by atoms with Gasteiger partial charge in [0.1, 0.15) is 0 Å². The summed E-state index contributed by atoms with van der Waals surface area (Å²) in [4.78, 5) is 6.15. The summed E-state index contributed by atoms with van der Waals surface area (Å²) >= 11 is 0. The number of hydrogen-bond acceptors (Lipinski definition) is 4. The van der Waals surface area contributed by atoms with Crippen molar-refractivity contribution in [1.29, 1.82) is 0 Å². The van der Waals surface area contributed by atoms with Crippen LogP contribution in [0.4, 0.5) is 5.69 Å². The van der Waals surface area contributed by atoms with Gasteiger partial charge in [0.15, 0.2) is 0 Å². The molecule has 0 aliphatic carbocycles. The lowest BCUT2D eigenvalue weighted by atomic mass is 10.0. The lowest BCUT2D eigenvalue weighted by Crippen LogP contribution is -2.51. The van der Waals surface area contributed by atoms with Gasteiger partial charge >= 0.3 is 0 Å². The van der Waals surface area contributed by atoms with Crippen molar-refractivity contribution >= 4 is 16.6 Å². The van der Waals surface area contributed by atoms with Crippen LogP contribution in [0.5, 0.6) is 5.75 Å². The molecule has 2 atom stereocenters. The molecule has 1 aromatic carbocycles. The third kappa shape index (κ3) is 2.11. The highest BCUT2D eigenvalue weighted by atomic mass is 16.3. The van der Waals surface area contributed by atoms with Crippen LogP contribution in [0.2, 0.25) is 0 Å². The van der Waals surface area contributed by atoms with Crippen LogP contribution in [-0.4, -0.2) is 23.7 Å². The number of pyridine rings is 1. The number of nitrogens with zero attached hydrogens (tertiary/aromatic N) is 2. The second-order valence-electron chi connectivity index (χ2n) is 5.03. The van der Waals surface area contributed by atoms with E-state index in [1.165, 1.54) is 0 Å². The Hall–Kier alpha value is -1.85. The fraction of sp³-hybridized carbons (Fsp3) is 0.357. The van der Waals surface area contributed by atoms with Crippen molar-refractivity contribution in [2.75, 3.05) is 11.4 Å². The predicted octanol–water partition coefficient (Wildman–Crippen LogP) is 1.59. The molecule has 4 N–H and O–H groups in total. The van der Waals surface area contributed by atoms with Crippen molar-refractivity contribution in [3.8, 4) is 5.75 Å². The third-order valence-electron chi connectivity index (χ3n) is 3.71. The molecule has 1 fully saturated rings. The molecule has 5 nitrogen and oxygen atoms in total. The maximum Gasteiger partial charge on any atom is 0.211 e. The van der Waals surface area contributed by atoms with Gasteiger partial charge in [-0.2, -0.15) is 0 Å². The van der Waals surface area contributed by atoms with E-state index in [1.807, 2.05) is 17.0 Å². The summed E-state index contributed by atoms with van der Waals surface area (Å²) in [5, 5.41) is 13.1. The zero-order valence-corrected chi connectivity index (χ0v) is 10.6. The highest BCUT2D eigenvalue weighted by Gasteiger charge is 2.26. The van der Waals surface area contributed by atoms with Crippen molar-refractivity contribution in [1.82, 2.24) is 4.98 Å². The number of piperidine rings is 1. The van der Waals surface area contributed by atoms with E-state index >= 15 is 0 Å². The number of anilines is 1. The Balaban J connectivity index is 2.03. The van der Waals surface area contributed by atoms with Gasteiger partial charge in [-0.25, -0.2) is 0 Å². The molecular formula is C14H17N4O. The summed E-state index contributed by atoms with van der Waals surface area (Å²) in [5.74, 6) is -0.00322. The Morgan fingerprint density at radius 2 is 2.11 bits per heavy atom. The second kappa shape index (κ2) is 4.68. The SMILES string of the molecule is NC1CCN(c2ccc3ncccc3c2[O])C(N)C1. The number of aromatic nitrogens is 1. The van der Waals surface area contributed by atoms with Gasteiger partial charge in [0.05, 0.1) is 17.4 Å². The van der Waals surface area contributed by atoms with Crippen LogP contribution in [-0.2, 0) is 5.11 Å². The topological polar surface area (TPSA) is 88.1 Å². The largest absolute Gasteiger partial charge is 0.353 e. The van der Waals surface area contributed by atoms with Gasteiger partial charge in [-0.1, -0.05) is 0 Å². The average Bonchev–Trinajstić information content (AvgIpc) is 2.41. The van der Waals surface area contributed by atoms with Crippen molar-refractivity contribution in [3.63, 3.8) is 0 Å². The molecule has 19 heavy (non-hydrogen) atoms. The molecule has 1 aromatic heterocycles. The molecule has 0 spiro atoms. The van der Waals surface area contributed by atoms with E-state index in [9.17, 15) is 5.11 Å². The molecule has 1 saturated heterocycles. The standard InChI is InChI=1S/C14H17N4O/c15-9-5-7-18(13(16)8-9)12-4-3-11-10(14(12)19)2-1-6-17-11/h1-4,6,9,13H,5,7-8,15-16H2. The minimum atomic E-state index is -0.189. The van der Waals surface area contributed by atoms with Crippen molar-refractivity contribution in [2.24, 2.45) is 11.5 Å². The van der Waals surface area contributed by atoms with E-state index in [2.05, 4.69) is 4.98 Å². The summed E-state index contributed by atoms with van der Waals surface area (Å²) in [6.45, 7) is 0.726. The summed E-state index contributed by atoms with van der Waals surface area (Å²) in [6.07, 6.45) is 3.07. The zero-order chi connectivity index (χ0) is 13.4. The lowest BCUT2D eigenvalue weighted by Gasteiger charge is -2.37. The summed E-state index contributed by atoms with van der Waals surface area (Å²) in [7, 11) is 0. The molecule has 5 heteroatoms. The fourth-order valence-electron chi connectivity index (χ4n) is 2.67. The first-order chi connectivity index (χ1) is 9.16. The molecule has 1 aliphatic rings. The molecular weight excluding hydrogens is 240 g/mol. The average molecular weight is 257 g/mol. The van der Waals surface area contributed by atoms with Crippen molar-refractivity contribution in [2.45, 2.75) is 25.0 Å². The van der Waals surface area contributed by atoms with E-state index in [0.717, 1.165) is 18.5 Å². The Kier molecular flexibility index (Phi) is 3.00. The van der Waals surface area contributed by atoms with E-state index in [0.29, 0.717) is 17.5 Å². The molecule has 0 bridgehead atoms. The van der Waals surface area contributed by atoms with Gasteiger partial charge in [-0.05, 0) is 37.1 Å². The maximum atomic E-state index is 12.5. The molecule has 2 unspecified atom stereocenters. The number of rotatable bonds is 1.